The Labute approximate surface area is 88.0 Å². The van der Waals surface area contributed by atoms with Gasteiger partial charge in [-0.25, -0.2) is 0 Å². The van der Waals surface area contributed by atoms with Gasteiger partial charge in [-0.3, -0.25) is 0 Å². The molecule has 0 aliphatic carbocycles. The molecule has 2 atom stereocenters. The molecule has 0 aromatic carbocycles. The summed E-state index contributed by atoms with van der Waals surface area (Å²) < 4.78 is 11.9. The average molecular weight is 200 g/mol. The molecule has 0 amide bonds. The van der Waals surface area contributed by atoms with Crippen molar-refractivity contribution in [2.24, 2.45) is 11.3 Å². The first-order valence-corrected chi connectivity index (χ1v) is 5.62. The van der Waals surface area contributed by atoms with Gasteiger partial charge in [0.25, 0.3) is 0 Å². The maximum Gasteiger partial charge on any atom is 0.165 e. The van der Waals surface area contributed by atoms with E-state index in [2.05, 4.69) is 34.6 Å². The third-order valence-electron chi connectivity index (χ3n) is 3.14. The van der Waals surface area contributed by atoms with Gasteiger partial charge in [-0.05, 0) is 19.3 Å². The zero-order valence-corrected chi connectivity index (χ0v) is 10.4. The molecule has 1 aliphatic rings. The van der Waals surface area contributed by atoms with Gasteiger partial charge < -0.3 is 9.47 Å². The van der Waals surface area contributed by atoms with E-state index in [0.717, 1.165) is 13.0 Å². The van der Waals surface area contributed by atoms with Crippen molar-refractivity contribution < 1.29 is 9.47 Å². The SMILES string of the molecule is CC[C@@]1(C)OCC(C)(C)[C@H](C(C)C)O1. The quantitative estimate of drug-likeness (QED) is 0.681. The van der Waals surface area contributed by atoms with Crippen LogP contribution in [0.4, 0.5) is 0 Å². The van der Waals surface area contributed by atoms with E-state index in [0.29, 0.717) is 12.0 Å². The second-order valence-electron chi connectivity index (χ2n) is 5.55. The highest BCUT2D eigenvalue weighted by Gasteiger charge is 2.44. The van der Waals surface area contributed by atoms with Crippen LogP contribution < -0.4 is 0 Å². The lowest BCUT2D eigenvalue weighted by Gasteiger charge is -2.48. The van der Waals surface area contributed by atoms with Crippen molar-refractivity contribution in [3.05, 3.63) is 0 Å². The first-order valence-electron chi connectivity index (χ1n) is 5.62. The fourth-order valence-electron chi connectivity index (χ4n) is 2.11. The summed E-state index contributed by atoms with van der Waals surface area (Å²) >= 11 is 0. The fourth-order valence-corrected chi connectivity index (χ4v) is 2.11. The Hall–Kier alpha value is -0.0800. The van der Waals surface area contributed by atoms with E-state index >= 15 is 0 Å². The van der Waals surface area contributed by atoms with Gasteiger partial charge in [0.2, 0.25) is 0 Å². The van der Waals surface area contributed by atoms with E-state index in [1.54, 1.807) is 0 Å². The highest BCUT2D eigenvalue weighted by molar-refractivity contribution is 4.87. The van der Waals surface area contributed by atoms with Crippen molar-refractivity contribution in [2.75, 3.05) is 6.61 Å². The van der Waals surface area contributed by atoms with Crippen LogP contribution in [0.5, 0.6) is 0 Å². The molecule has 84 valence electrons. The molecule has 1 heterocycles. The highest BCUT2D eigenvalue weighted by atomic mass is 16.7. The summed E-state index contributed by atoms with van der Waals surface area (Å²) in [7, 11) is 0. The summed E-state index contributed by atoms with van der Waals surface area (Å²) in [5.41, 5.74) is 0.128. The van der Waals surface area contributed by atoms with Crippen LogP contribution in [-0.4, -0.2) is 18.5 Å². The lowest BCUT2D eigenvalue weighted by atomic mass is 9.80. The van der Waals surface area contributed by atoms with Gasteiger partial charge >= 0.3 is 0 Å². The zero-order valence-electron chi connectivity index (χ0n) is 10.4. The summed E-state index contributed by atoms with van der Waals surface area (Å²) in [4.78, 5) is 0. The highest BCUT2D eigenvalue weighted by Crippen LogP contribution is 2.39. The fraction of sp³-hybridized carbons (Fsp3) is 1.00. The van der Waals surface area contributed by atoms with Crippen LogP contribution in [-0.2, 0) is 9.47 Å². The number of hydrogen-bond donors (Lipinski definition) is 0. The van der Waals surface area contributed by atoms with E-state index < -0.39 is 0 Å². The summed E-state index contributed by atoms with van der Waals surface area (Å²) in [6, 6.07) is 0. The minimum atomic E-state index is -0.371. The third kappa shape index (κ3) is 2.29. The maximum atomic E-state index is 6.08. The molecule has 1 saturated heterocycles. The van der Waals surface area contributed by atoms with Gasteiger partial charge in [0.05, 0.1) is 12.7 Å². The summed E-state index contributed by atoms with van der Waals surface area (Å²) in [6.07, 6.45) is 1.20. The molecule has 2 heteroatoms. The Morgan fingerprint density at radius 3 is 2.29 bits per heavy atom. The Morgan fingerprint density at radius 1 is 1.29 bits per heavy atom. The normalized spacial score (nSPS) is 37.5. The minimum absolute atomic E-state index is 0.128. The molecule has 0 spiro atoms. The smallest absolute Gasteiger partial charge is 0.165 e. The average Bonchev–Trinajstić information content (AvgIpc) is 2.09. The molecule has 0 unspecified atom stereocenters. The molecule has 0 aromatic heterocycles. The van der Waals surface area contributed by atoms with Crippen LogP contribution in [0.15, 0.2) is 0 Å². The van der Waals surface area contributed by atoms with Gasteiger partial charge in [-0.1, -0.05) is 34.6 Å². The lowest BCUT2D eigenvalue weighted by Crippen LogP contribution is -2.53. The Morgan fingerprint density at radius 2 is 1.86 bits per heavy atom. The number of hydrogen-bond acceptors (Lipinski definition) is 2. The lowest BCUT2D eigenvalue weighted by molar-refractivity contribution is -0.329. The molecule has 14 heavy (non-hydrogen) atoms. The van der Waals surface area contributed by atoms with Crippen molar-refractivity contribution >= 4 is 0 Å². The molecule has 0 radical (unpaired) electrons. The molecule has 2 nitrogen and oxygen atoms in total. The van der Waals surface area contributed by atoms with E-state index in [9.17, 15) is 0 Å². The van der Waals surface area contributed by atoms with Crippen molar-refractivity contribution in [1.29, 1.82) is 0 Å². The minimum Gasteiger partial charge on any atom is -0.350 e. The van der Waals surface area contributed by atoms with E-state index in [1.165, 1.54) is 0 Å². The van der Waals surface area contributed by atoms with Crippen molar-refractivity contribution in [2.45, 2.75) is 59.9 Å². The van der Waals surface area contributed by atoms with Gasteiger partial charge in [-0.2, -0.15) is 0 Å². The van der Waals surface area contributed by atoms with Crippen molar-refractivity contribution in [1.82, 2.24) is 0 Å². The predicted molar refractivity (Wildman–Crippen MR) is 58.1 cm³/mol. The van der Waals surface area contributed by atoms with E-state index in [-0.39, 0.29) is 11.2 Å². The summed E-state index contributed by atoms with van der Waals surface area (Å²) in [6.45, 7) is 13.8. The van der Waals surface area contributed by atoms with Crippen LogP contribution in [0.3, 0.4) is 0 Å². The molecule has 1 aliphatic heterocycles. The van der Waals surface area contributed by atoms with E-state index in [1.807, 2.05) is 6.92 Å². The van der Waals surface area contributed by atoms with Gasteiger partial charge in [-0.15, -0.1) is 0 Å². The first-order chi connectivity index (χ1) is 6.31. The van der Waals surface area contributed by atoms with Crippen LogP contribution >= 0.6 is 0 Å². The van der Waals surface area contributed by atoms with E-state index in [4.69, 9.17) is 9.47 Å². The topological polar surface area (TPSA) is 18.5 Å². The molecule has 0 N–H and O–H groups in total. The van der Waals surface area contributed by atoms with Crippen LogP contribution in [0, 0.1) is 11.3 Å². The molecular formula is C12H24O2. The van der Waals surface area contributed by atoms with Crippen molar-refractivity contribution in [3.63, 3.8) is 0 Å². The monoisotopic (exact) mass is 200 g/mol. The second-order valence-corrected chi connectivity index (χ2v) is 5.55. The number of rotatable bonds is 2. The van der Waals surface area contributed by atoms with Crippen LogP contribution in [0.25, 0.3) is 0 Å². The van der Waals surface area contributed by atoms with Crippen LogP contribution in [0.2, 0.25) is 0 Å². The molecular weight excluding hydrogens is 176 g/mol. The molecule has 0 bridgehead atoms. The second kappa shape index (κ2) is 3.82. The molecule has 1 rings (SSSR count). The predicted octanol–water partition coefficient (Wildman–Crippen LogP) is 3.21. The molecule has 0 saturated carbocycles. The first kappa shape index (κ1) is 12.0. The molecule has 0 aromatic rings. The zero-order chi connectivity index (χ0) is 11.0. The Kier molecular flexibility index (Phi) is 3.27. The third-order valence-corrected chi connectivity index (χ3v) is 3.14. The number of ether oxygens (including phenoxy) is 2. The summed E-state index contributed by atoms with van der Waals surface area (Å²) in [5, 5.41) is 0. The Bertz CT molecular complexity index is 198. The van der Waals surface area contributed by atoms with Gasteiger partial charge in [0, 0.05) is 5.41 Å². The molecule has 1 fully saturated rings. The summed E-state index contributed by atoms with van der Waals surface area (Å²) in [5.74, 6) is 0.171. The largest absolute Gasteiger partial charge is 0.350 e. The van der Waals surface area contributed by atoms with Crippen LogP contribution in [0.1, 0.15) is 48.0 Å². The standard InChI is InChI=1S/C12H24O2/c1-7-12(6)13-8-11(4,5)10(14-12)9(2)3/h9-10H,7-8H2,1-6H3/t10-,12-/m0/s1. The Balaban J connectivity index is 2.77. The maximum absolute atomic E-state index is 6.08. The van der Waals surface area contributed by atoms with Gasteiger partial charge in [0.15, 0.2) is 5.79 Å². The van der Waals surface area contributed by atoms with Gasteiger partial charge in [0.1, 0.15) is 0 Å². The van der Waals surface area contributed by atoms with Crippen molar-refractivity contribution in [3.8, 4) is 0 Å².